The molecule has 1 aromatic carbocycles. The van der Waals surface area contributed by atoms with Crippen LogP contribution in [0.4, 0.5) is 11.5 Å². The molecular formula is C10H9BrN4O2. The fraction of sp³-hybridized carbons (Fsp3) is 0.100. The molecule has 0 saturated heterocycles. The lowest BCUT2D eigenvalue weighted by atomic mass is 10.2. The first-order valence-corrected chi connectivity index (χ1v) is 5.57. The number of aromatic nitrogens is 2. The highest BCUT2D eigenvalue weighted by Gasteiger charge is 2.12. The molecule has 3 N–H and O–H groups in total. The van der Waals surface area contributed by atoms with Gasteiger partial charge in [-0.3, -0.25) is 4.79 Å². The fourth-order valence-electron chi connectivity index (χ4n) is 1.25. The van der Waals surface area contributed by atoms with Crippen molar-refractivity contribution >= 4 is 33.3 Å². The second kappa shape index (κ2) is 4.96. The molecule has 88 valence electrons. The number of nitrogens with one attached hydrogen (secondary N) is 1. The summed E-state index contributed by atoms with van der Waals surface area (Å²) in [5, 5.41) is 9.66. The van der Waals surface area contributed by atoms with Gasteiger partial charge in [-0.15, -0.1) is 0 Å². The lowest BCUT2D eigenvalue weighted by molar-refractivity contribution is -0.115. The lowest BCUT2D eigenvalue weighted by Gasteiger charge is -2.05. The van der Waals surface area contributed by atoms with Crippen molar-refractivity contribution < 1.29 is 9.42 Å². The molecule has 0 atom stereocenters. The largest absolute Gasteiger partial charge is 0.379 e. The Balaban J connectivity index is 2.03. The number of amides is 1. The van der Waals surface area contributed by atoms with E-state index in [2.05, 4.69) is 36.2 Å². The van der Waals surface area contributed by atoms with E-state index in [0.717, 1.165) is 4.47 Å². The zero-order valence-electron chi connectivity index (χ0n) is 8.68. The van der Waals surface area contributed by atoms with Crippen molar-refractivity contribution in [3.8, 4) is 0 Å². The Labute approximate surface area is 105 Å². The summed E-state index contributed by atoms with van der Waals surface area (Å²) in [5.41, 5.74) is 6.47. The number of hydrogen-bond donors (Lipinski definition) is 2. The molecule has 2 aromatic rings. The van der Waals surface area contributed by atoms with Crippen LogP contribution in [0.2, 0.25) is 0 Å². The minimum Gasteiger partial charge on any atom is -0.379 e. The molecule has 0 aliphatic heterocycles. The van der Waals surface area contributed by atoms with Gasteiger partial charge in [0, 0.05) is 4.47 Å². The van der Waals surface area contributed by atoms with Crippen molar-refractivity contribution in [3.63, 3.8) is 0 Å². The highest BCUT2D eigenvalue weighted by Crippen LogP contribution is 2.21. The van der Waals surface area contributed by atoms with Crippen LogP contribution in [0.25, 0.3) is 0 Å². The molecule has 0 aliphatic rings. The highest BCUT2D eigenvalue weighted by atomic mass is 79.9. The van der Waals surface area contributed by atoms with Crippen molar-refractivity contribution in [1.82, 2.24) is 10.3 Å². The minimum atomic E-state index is -0.237. The van der Waals surface area contributed by atoms with E-state index in [1.807, 2.05) is 18.2 Å². The van der Waals surface area contributed by atoms with Gasteiger partial charge in [-0.05, 0) is 33.2 Å². The van der Waals surface area contributed by atoms with Crippen molar-refractivity contribution in [1.29, 1.82) is 0 Å². The number of nitrogens with zero attached hydrogens (tertiary/aromatic N) is 2. The first kappa shape index (κ1) is 11.6. The fourth-order valence-corrected chi connectivity index (χ4v) is 1.63. The van der Waals surface area contributed by atoms with E-state index in [0.29, 0.717) is 11.4 Å². The topological polar surface area (TPSA) is 94.0 Å². The Morgan fingerprint density at radius 2 is 2.18 bits per heavy atom. The molecule has 1 aromatic heterocycles. The number of rotatable bonds is 3. The molecular weight excluding hydrogens is 288 g/mol. The molecule has 17 heavy (non-hydrogen) atoms. The monoisotopic (exact) mass is 296 g/mol. The number of nitrogen functional groups attached to an aromatic ring is 1. The molecule has 0 saturated carbocycles. The maximum absolute atomic E-state index is 11.7. The summed E-state index contributed by atoms with van der Waals surface area (Å²) in [6.45, 7) is 0. The van der Waals surface area contributed by atoms with Gasteiger partial charge in [0.1, 0.15) is 5.69 Å². The smallest absolute Gasteiger partial charge is 0.230 e. The molecule has 1 heterocycles. The van der Waals surface area contributed by atoms with E-state index in [-0.39, 0.29) is 18.1 Å². The summed E-state index contributed by atoms with van der Waals surface area (Å²) in [7, 11) is 0. The van der Waals surface area contributed by atoms with Gasteiger partial charge in [0.25, 0.3) is 0 Å². The predicted octanol–water partition coefficient (Wildman–Crippen LogP) is 1.60. The zero-order valence-corrected chi connectivity index (χ0v) is 10.3. The zero-order chi connectivity index (χ0) is 12.3. The maximum atomic E-state index is 11.7. The van der Waals surface area contributed by atoms with Crippen LogP contribution in [0.15, 0.2) is 33.4 Å². The van der Waals surface area contributed by atoms with Crippen LogP contribution in [0.5, 0.6) is 0 Å². The van der Waals surface area contributed by atoms with Gasteiger partial charge in [-0.25, -0.2) is 4.63 Å². The van der Waals surface area contributed by atoms with Crippen LogP contribution in [0, 0.1) is 0 Å². The summed E-state index contributed by atoms with van der Waals surface area (Å²) in [6.07, 6.45) is 0.0245. The predicted molar refractivity (Wildman–Crippen MR) is 65.2 cm³/mol. The van der Waals surface area contributed by atoms with E-state index in [9.17, 15) is 4.79 Å². The van der Waals surface area contributed by atoms with E-state index >= 15 is 0 Å². The van der Waals surface area contributed by atoms with Crippen LogP contribution in [0.1, 0.15) is 5.69 Å². The normalized spacial score (nSPS) is 10.2. The molecule has 1 amide bonds. The number of hydrogen-bond acceptors (Lipinski definition) is 5. The number of benzene rings is 1. The molecule has 6 nitrogen and oxygen atoms in total. The average Bonchev–Trinajstić information content (AvgIpc) is 2.68. The van der Waals surface area contributed by atoms with Gasteiger partial charge in [0.2, 0.25) is 5.91 Å². The molecule has 7 heteroatoms. The Hall–Kier alpha value is -1.89. The minimum absolute atomic E-state index is 0.0245. The van der Waals surface area contributed by atoms with E-state index in [1.165, 1.54) is 0 Å². The summed E-state index contributed by atoms with van der Waals surface area (Å²) in [6, 6.07) is 7.31. The van der Waals surface area contributed by atoms with Crippen LogP contribution in [-0.4, -0.2) is 16.2 Å². The van der Waals surface area contributed by atoms with E-state index < -0.39 is 0 Å². The molecule has 0 radical (unpaired) electrons. The molecule has 0 unspecified atom stereocenters. The Morgan fingerprint density at radius 1 is 1.41 bits per heavy atom. The summed E-state index contributed by atoms with van der Waals surface area (Å²) in [5.74, 6) is -0.105. The lowest BCUT2D eigenvalue weighted by Crippen LogP contribution is -2.15. The van der Waals surface area contributed by atoms with Crippen molar-refractivity contribution in [2.24, 2.45) is 0 Å². The second-order valence-electron chi connectivity index (χ2n) is 3.30. The highest BCUT2D eigenvalue weighted by molar-refractivity contribution is 9.10. The first-order chi connectivity index (χ1) is 8.16. The van der Waals surface area contributed by atoms with Gasteiger partial charge >= 0.3 is 0 Å². The van der Waals surface area contributed by atoms with Gasteiger partial charge in [0.15, 0.2) is 5.82 Å². The summed E-state index contributed by atoms with van der Waals surface area (Å²) in [4.78, 5) is 11.7. The Kier molecular flexibility index (Phi) is 3.38. The van der Waals surface area contributed by atoms with Crippen molar-refractivity contribution in [2.75, 3.05) is 11.1 Å². The summed E-state index contributed by atoms with van der Waals surface area (Å²) >= 11 is 3.33. The third kappa shape index (κ3) is 2.82. The van der Waals surface area contributed by atoms with Crippen molar-refractivity contribution in [3.05, 3.63) is 34.4 Å². The van der Waals surface area contributed by atoms with E-state index in [4.69, 9.17) is 5.73 Å². The number of anilines is 2. The van der Waals surface area contributed by atoms with E-state index in [1.54, 1.807) is 6.07 Å². The number of halogens is 1. The van der Waals surface area contributed by atoms with Crippen LogP contribution < -0.4 is 11.1 Å². The first-order valence-electron chi connectivity index (χ1n) is 4.78. The standard InChI is InChI=1S/C10H9BrN4O2/c11-6-3-1-2-4-7(6)13-9(16)5-8-10(12)15-17-14-8/h1-4H,5H2,(H2,12,15)(H,13,16). The number of carbonyl (C=O) groups is 1. The quantitative estimate of drug-likeness (QED) is 0.897. The molecule has 0 spiro atoms. The third-order valence-electron chi connectivity index (χ3n) is 2.06. The van der Waals surface area contributed by atoms with Gasteiger partial charge in [0.05, 0.1) is 12.1 Å². The van der Waals surface area contributed by atoms with Crippen molar-refractivity contribution in [2.45, 2.75) is 6.42 Å². The van der Waals surface area contributed by atoms with Crippen LogP contribution in [-0.2, 0) is 11.2 Å². The number of nitrogens with two attached hydrogens (primary N) is 1. The number of carbonyl (C=O) groups excluding carboxylic acids is 1. The van der Waals surface area contributed by atoms with Gasteiger partial charge < -0.3 is 11.1 Å². The molecule has 0 fully saturated rings. The van der Waals surface area contributed by atoms with Gasteiger partial charge in [-0.1, -0.05) is 17.3 Å². The molecule has 2 rings (SSSR count). The van der Waals surface area contributed by atoms with Crippen LogP contribution >= 0.6 is 15.9 Å². The SMILES string of the molecule is Nc1nonc1CC(=O)Nc1ccccc1Br. The average molecular weight is 297 g/mol. The number of para-hydroxylation sites is 1. The second-order valence-corrected chi connectivity index (χ2v) is 4.16. The Bertz CT molecular complexity index is 541. The summed E-state index contributed by atoms with van der Waals surface area (Å²) < 4.78 is 5.21. The maximum Gasteiger partial charge on any atom is 0.230 e. The molecule has 0 bridgehead atoms. The van der Waals surface area contributed by atoms with Crippen LogP contribution in [0.3, 0.4) is 0 Å². The third-order valence-corrected chi connectivity index (χ3v) is 2.75. The Morgan fingerprint density at radius 3 is 2.82 bits per heavy atom. The van der Waals surface area contributed by atoms with Gasteiger partial charge in [-0.2, -0.15) is 0 Å². The molecule has 0 aliphatic carbocycles.